The van der Waals surface area contributed by atoms with Gasteiger partial charge in [-0.05, 0) is 50.0 Å². The molecule has 1 aromatic heterocycles. The number of methoxy groups -OCH3 is 1. The summed E-state index contributed by atoms with van der Waals surface area (Å²) in [7, 11) is 1.44. The van der Waals surface area contributed by atoms with E-state index in [0.717, 1.165) is 42.4 Å². The summed E-state index contributed by atoms with van der Waals surface area (Å²) in [6.45, 7) is 4.32. The minimum absolute atomic E-state index is 0.00325. The van der Waals surface area contributed by atoms with Crippen molar-refractivity contribution in [1.82, 2.24) is 4.90 Å². The van der Waals surface area contributed by atoms with Crippen LogP contribution in [0.1, 0.15) is 24.0 Å². The zero-order chi connectivity index (χ0) is 16.4. The molecule has 2 heterocycles. The molecule has 0 spiro atoms. The fraction of sp³-hybridized carbons (Fsp3) is 0.444. The number of benzene rings is 1. The third-order valence-corrected chi connectivity index (χ3v) is 4.50. The Morgan fingerprint density at radius 3 is 2.74 bits per heavy atom. The number of hydrogen-bond acceptors (Lipinski definition) is 5. The van der Waals surface area contributed by atoms with E-state index in [1.54, 1.807) is 6.07 Å². The molecule has 23 heavy (non-hydrogen) atoms. The topological polar surface area (TPSA) is 59.8 Å². The number of fused-ring (bicyclic) bond motifs is 1. The molecule has 0 N–H and O–H groups in total. The molecule has 5 nitrogen and oxygen atoms in total. The second kappa shape index (κ2) is 6.54. The SMILES string of the molecule is COC(=O)C1CCN(Cc2cc(=O)oc3cc(C)ccc23)CC1. The minimum Gasteiger partial charge on any atom is -0.469 e. The molecule has 1 fully saturated rings. The van der Waals surface area contributed by atoms with Gasteiger partial charge < -0.3 is 9.15 Å². The third kappa shape index (κ3) is 3.45. The second-order valence-corrected chi connectivity index (χ2v) is 6.16. The van der Waals surface area contributed by atoms with Crippen molar-refractivity contribution >= 4 is 16.9 Å². The fourth-order valence-corrected chi connectivity index (χ4v) is 3.20. The molecule has 0 amide bonds. The van der Waals surface area contributed by atoms with Crippen LogP contribution in [0.5, 0.6) is 0 Å². The highest BCUT2D eigenvalue weighted by molar-refractivity contribution is 5.80. The Hall–Kier alpha value is -2.14. The molecule has 0 bridgehead atoms. The molecule has 0 saturated carbocycles. The van der Waals surface area contributed by atoms with Gasteiger partial charge in [0.05, 0.1) is 13.0 Å². The summed E-state index contributed by atoms with van der Waals surface area (Å²) in [4.78, 5) is 25.7. The van der Waals surface area contributed by atoms with Gasteiger partial charge in [0.15, 0.2) is 0 Å². The average Bonchev–Trinajstić information content (AvgIpc) is 2.54. The number of piperidine rings is 1. The first-order valence-electron chi connectivity index (χ1n) is 7.90. The average molecular weight is 315 g/mol. The van der Waals surface area contributed by atoms with E-state index >= 15 is 0 Å². The maximum Gasteiger partial charge on any atom is 0.336 e. The molecule has 0 radical (unpaired) electrons. The molecule has 1 aromatic carbocycles. The highest BCUT2D eigenvalue weighted by Gasteiger charge is 2.25. The summed E-state index contributed by atoms with van der Waals surface area (Å²) in [5, 5.41) is 0.977. The van der Waals surface area contributed by atoms with Crippen LogP contribution < -0.4 is 5.63 Å². The van der Waals surface area contributed by atoms with E-state index in [2.05, 4.69) is 4.90 Å². The van der Waals surface area contributed by atoms with E-state index in [0.29, 0.717) is 12.1 Å². The predicted octanol–water partition coefficient (Wildman–Crippen LogP) is 2.49. The Morgan fingerprint density at radius 2 is 2.04 bits per heavy atom. The van der Waals surface area contributed by atoms with E-state index in [4.69, 9.17) is 9.15 Å². The van der Waals surface area contributed by atoms with Crippen LogP contribution in [0.3, 0.4) is 0 Å². The van der Waals surface area contributed by atoms with Crippen LogP contribution in [0.25, 0.3) is 11.0 Å². The van der Waals surface area contributed by atoms with Crippen LogP contribution in [0.4, 0.5) is 0 Å². The van der Waals surface area contributed by atoms with Crippen LogP contribution in [0.2, 0.25) is 0 Å². The molecule has 5 heteroatoms. The highest BCUT2D eigenvalue weighted by Crippen LogP contribution is 2.23. The van der Waals surface area contributed by atoms with Gasteiger partial charge in [0.2, 0.25) is 0 Å². The highest BCUT2D eigenvalue weighted by atomic mass is 16.5. The van der Waals surface area contributed by atoms with E-state index in [9.17, 15) is 9.59 Å². The number of esters is 1. The van der Waals surface area contributed by atoms with Crippen LogP contribution in [-0.2, 0) is 16.1 Å². The minimum atomic E-state index is -0.317. The summed E-state index contributed by atoms with van der Waals surface area (Å²) >= 11 is 0. The molecule has 1 aliphatic heterocycles. The number of carbonyl (C=O) groups is 1. The van der Waals surface area contributed by atoms with E-state index in [1.165, 1.54) is 7.11 Å². The first-order chi connectivity index (χ1) is 11.1. The van der Waals surface area contributed by atoms with Crippen molar-refractivity contribution in [2.24, 2.45) is 5.92 Å². The molecule has 2 aromatic rings. The van der Waals surface area contributed by atoms with Gasteiger partial charge in [-0.15, -0.1) is 0 Å². The Morgan fingerprint density at radius 1 is 1.30 bits per heavy atom. The van der Waals surface area contributed by atoms with Crippen molar-refractivity contribution in [1.29, 1.82) is 0 Å². The first kappa shape index (κ1) is 15.7. The number of nitrogens with zero attached hydrogens (tertiary/aromatic N) is 1. The molecule has 122 valence electrons. The molecular formula is C18H21NO4. The maximum atomic E-state index is 11.8. The standard InChI is InChI=1S/C18H21NO4/c1-12-3-4-15-14(10-17(20)23-16(15)9-12)11-19-7-5-13(6-8-19)18(21)22-2/h3-4,9-10,13H,5-8,11H2,1-2H3. The molecular weight excluding hydrogens is 294 g/mol. The summed E-state index contributed by atoms with van der Waals surface area (Å²) < 4.78 is 10.1. The van der Waals surface area contributed by atoms with Crippen molar-refractivity contribution in [3.8, 4) is 0 Å². The van der Waals surface area contributed by atoms with Gasteiger partial charge in [-0.2, -0.15) is 0 Å². The number of likely N-dealkylation sites (tertiary alicyclic amines) is 1. The van der Waals surface area contributed by atoms with Gasteiger partial charge in [0.25, 0.3) is 0 Å². The number of hydrogen-bond donors (Lipinski definition) is 0. The van der Waals surface area contributed by atoms with Crippen LogP contribution in [-0.4, -0.2) is 31.1 Å². The lowest BCUT2D eigenvalue weighted by Gasteiger charge is -2.30. The maximum absolute atomic E-state index is 11.8. The predicted molar refractivity (Wildman–Crippen MR) is 87.2 cm³/mol. The number of aryl methyl sites for hydroxylation is 1. The molecule has 0 aliphatic carbocycles. The third-order valence-electron chi connectivity index (χ3n) is 4.50. The van der Waals surface area contributed by atoms with Gasteiger partial charge in [-0.3, -0.25) is 9.69 Å². The smallest absolute Gasteiger partial charge is 0.336 e. The van der Waals surface area contributed by atoms with Crippen molar-refractivity contribution < 1.29 is 13.9 Å². The lowest BCUT2D eigenvalue weighted by molar-refractivity contribution is -0.147. The van der Waals surface area contributed by atoms with Crippen molar-refractivity contribution in [2.75, 3.05) is 20.2 Å². The van der Waals surface area contributed by atoms with E-state index in [1.807, 2.05) is 25.1 Å². The lowest BCUT2D eigenvalue weighted by Crippen LogP contribution is -2.36. The summed E-state index contributed by atoms with van der Waals surface area (Å²) in [6.07, 6.45) is 1.59. The Labute approximate surface area is 134 Å². The monoisotopic (exact) mass is 315 g/mol. The Kier molecular flexibility index (Phi) is 4.48. The van der Waals surface area contributed by atoms with E-state index < -0.39 is 0 Å². The van der Waals surface area contributed by atoms with Gasteiger partial charge >= 0.3 is 11.6 Å². The number of carbonyl (C=O) groups excluding carboxylic acids is 1. The van der Waals surface area contributed by atoms with Gasteiger partial charge in [0.1, 0.15) is 5.58 Å². The second-order valence-electron chi connectivity index (χ2n) is 6.16. The molecule has 0 unspecified atom stereocenters. The van der Waals surface area contributed by atoms with Crippen LogP contribution in [0, 0.1) is 12.8 Å². The normalized spacial score (nSPS) is 16.6. The first-order valence-corrected chi connectivity index (χ1v) is 7.90. The summed E-state index contributed by atoms with van der Waals surface area (Å²) in [5.74, 6) is -0.123. The van der Waals surface area contributed by atoms with Crippen LogP contribution in [0.15, 0.2) is 33.5 Å². The quantitative estimate of drug-likeness (QED) is 0.643. The van der Waals surface area contributed by atoms with Gasteiger partial charge in [-0.1, -0.05) is 12.1 Å². The van der Waals surface area contributed by atoms with Gasteiger partial charge in [0, 0.05) is 18.0 Å². The zero-order valence-electron chi connectivity index (χ0n) is 13.5. The van der Waals surface area contributed by atoms with Gasteiger partial charge in [-0.25, -0.2) is 4.79 Å². The van der Waals surface area contributed by atoms with E-state index in [-0.39, 0.29) is 17.5 Å². The Balaban J connectivity index is 1.78. The fourth-order valence-electron chi connectivity index (χ4n) is 3.20. The van der Waals surface area contributed by atoms with Crippen molar-refractivity contribution in [3.63, 3.8) is 0 Å². The zero-order valence-corrected chi connectivity index (χ0v) is 13.5. The number of rotatable bonds is 3. The molecule has 3 rings (SSSR count). The molecule has 1 saturated heterocycles. The van der Waals surface area contributed by atoms with Crippen molar-refractivity contribution in [3.05, 3.63) is 45.8 Å². The van der Waals surface area contributed by atoms with Crippen molar-refractivity contribution in [2.45, 2.75) is 26.3 Å². The number of ether oxygens (including phenoxy) is 1. The largest absolute Gasteiger partial charge is 0.469 e. The van der Waals surface area contributed by atoms with Crippen LogP contribution >= 0.6 is 0 Å². The lowest BCUT2D eigenvalue weighted by atomic mass is 9.96. The summed E-state index contributed by atoms with van der Waals surface area (Å²) in [6, 6.07) is 7.49. The molecule has 0 atom stereocenters. The Bertz CT molecular complexity index is 772. The summed E-state index contributed by atoms with van der Waals surface area (Å²) in [5.41, 5.74) is 2.36. The molecule has 1 aliphatic rings.